The SMILES string of the molecule is CCC(C)C(NC(=O)CNC(=O)COc1cc(C)cc2oc(=O)c3c(c12)CCCC3)C(=O)O. The summed E-state index contributed by atoms with van der Waals surface area (Å²) in [6.07, 6.45) is 3.87. The van der Waals surface area contributed by atoms with E-state index in [1.807, 2.05) is 13.8 Å². The molecule has 0 aliphatic heterocycles. The van der Waals surface area contributed by atoms with Gasteiger partial charge in [-0.15, -0.1) is 0 Å². The first-order valence-electron chi connectivity index (χ1n) is 11.2. The van der Waals surface area contributed by atoms with Crippen LogP contribution in [0.1, 0.15) is 49.8 Å². The molecule has 2 atom stereocenters. The quantitative estimate of drug-likeness (QED) is 0.490. The summed E-state index contributed by atoms with van der Waals surface area (Å²) in [5, 5.41) is 14.9. The molecule has 1 aromatic heterocycles. The van der Waals surface area contributed by atoms with Crippen LogP contribution in [0.2, 0.25) is 0 Å². The number of fused-ring (bicyclic) bond motifs is 3. The molecule has 3 N–H and O–H groups in total. The molecule has 0 spiro atoms. The van der Waals surface area contributed by atoms with Gasteiger partial charge in [0.15, 0.2) is 6.61 Å². The lowest BCUT2D eigenvalue weighted by molar-refractivity contribution is -0.143. The van der Waals surface area contributed by atoms with E-state index in [-0.39, 0.29) is 24.7 Å². The third kappa shape index (κ3) is 5.71. The van der Waals surface area contributed by atoms with E-state index in [1.54, 1.807) is 19.1 Å². The number of aliphatic carboxylic acids is 1. The Balaban J connectivity index is 1.67. The molecule has 178 valence electrons. The van der Waals surface area contributed by atoms with Gasteiger partial charge >= 0.3 is 11.6 Å². The molecule has 0 radical (unpaired) electrons. The topological polar surface area (TPSA) is 135 Å². The number of carboxylic acids is 1. The van der Waals surface area contributed by atoms with Crippen LogP contribution < -0.4 is 21.0 Å². The highest BCUT2D eigenvalue weighted by molar-refractivity contribution is 5.90. The minimum Gasteiger partial charge on any atom is -0.483 e. The highest BCUT2D eigenvalue weighted by Crippen LogP contribution is 2.34. The zero-order valence-corrected chi connectivity index (χ0v) is 19.2. The lowest BCUT2D eigenvalue weighted by Gasteiger charge is -2.20. The number of carbonyl (C=O) groups is 3. The largest absolute Gasteiger partial charge is 0.483 e. The molecule has 2 aromatic rings. The number of benzene rings is 1. The number of hydrogen-bond acceptors (Lipinski definition) is 6. The minimum absolute atomic E-state index is 0.244. The maximum absolute atomic E-state index is 12.3. The van der Waals surface area contributed by atoms with Gasteiger partial charge in [0.1, 0.15) is 17.4 Å². The third-order valence-corrected chi connectivity index (χ3v) is 6.03. The highest BCUT2D eigenvalue weighted by atomic mass is 16.5. The summed E-state index contributed by atoms with van der Waals surface area (Å²) in [6.45, 7) is 4.71. The van der Waals surface area contributed by atoms with Crippen molar-refractivity contribution in [1.29, 1.82) is 0 Å². The van der Waals surface area contributed by atoms with Crippen molar-refractivity contribution in [2.24, 2.45) is 5.92 Å². The minimum atomic E-state index is -1.12. The van der Waals surface area contributed by atoms with Crippen LogP contribution in [-0.2, 0) is 27.2 Å². The fraction of sp³-hybridized carbons (Fsp3) is 0.500. The maximum atomic E-state index is 12.3. The summed E-state index contributed by atoms with van der Waals surface area (Å²) in [7, 11) is 0. The van der Waals surface area contributed by atoms with Crippen molar-refractivity contribution < 1.29 is 28.6 Å². The second kappa shape index (κ2) is 10.5. The summed E-state index contributed by atoms with van der Waals surface area (Å²) >= 11 is 0. The second-order valence-electron chi connectivity index (χ2n) is 8.52. The molecule has 2 unspecified atom stereocenters. The molecular formula is C24H30N2O7. The van der Waals surface area contributed by atoms with E-state index in [4.69, 9.17) is 9.15 Å². The molecular weight excluding hydrogens is 428 g/mol. The Morgan fingerprint density at radius 2 is 1.85 bits per heavy atom. The molecule has 0 saturated heterocycles. The van der Waals surface area contributed by atoms with Gasteiger partial charge < -0.3 is 24.9 Å². The van der Waals surface area contributed by atoms with Gasteiger partial charge in [-0.25, -0.2) is 9.59 Å². The first kappa shape index (κ1) is 24.3. The Morgan fingerprint density at radius 3 is 2.52 bits per heavy atom. The van der Waals surface area contributed by atoms with Crippen molar-refractivity contribution >= 4 is 28.8 Å². The Bertz CT molecular complexity index is 1120. The van der Waals surface area contributed by atoms with Crippen LogP contribution in [0.4, 0.5) is 0 Å². The lowest BCUT2D eigenvalue weighted by Crippen LogP contribution is -2.48. The van der Waals surface area contributed by atoms with Gasteiger partial charge in [-0.05, 0) is 61.8 Å². The number of amides is 2. The van der Waals surface area contributed by atoms with E-state index >= 15 is 0 Å². The summed E-state index contributed by atoms with van der Waals surface area (Å²) in [5.41, 5.74) is 2.50. The number of carbonyl (C=O) groups excluding carboxylic acids is 2. The van der Waals surface area contributed by atoms with E-state index < -0.39 is 23.8 Å². The highest BCUT2D eigenvalue weighted by Gasteiger charge is 2.25. The number of rotatable bonds is 9. The molecule has 1 aromatic carbocycles. The molecule has 33 heavy (non-hydrogen) atoms. The second-order valence-corrected chi connectivity index (χ2v) is 8.52. The van der Waals surface area contributed by atoms with Gasteiger partial charge in [-0.2, -0.15) is 0 Å². The summed E-state index contributed by atoms with van der Waals surface area (Å²) < 4.78 is 11.3. The van der Waals surface area contributed by atoms with Gasteiger partial charge in [0.05, 0.1) is 11.9 Å². The van der Waals surface area contributed by atoms with Crippen LogP contribution in [-0.4, -0.2) is 42.1 Å². The van der Waals surface area contributed by atoms with Crippen molar-refractivity contribution in [1.82, 2.24) is 10.6 Å². The number of ether oxygens (including phenoxy) is 1. The van der Waals surface area contributed by atoms with Crippen molar-refractivity contribution in [3.8, 4) is 5.75 Å². The summed E-state index contributed by atoms with van der Waals surface area (Å²) in [5.74, 6) is -2.02. The van der Waals surface area contributed by atoms with Crippen molar-refractivity contribution in [2.45, 2.75) is 58.9 Å². The average molecular weight is 459 g/mol. The lowest BCUT2D eigenvalue weighted by atomic mass is 9.90. The van der Waals surface area contributed by atoms with Crippen molar-refractivity contribution in [3.05, 3.63) is 39.2 Å². The van der Waals surface area contributed by atoms with Crippen LogP contribution in [0.25, 0.3) is 11.0 Å². The van der Waals surface area contributed by atoms with Crippen LogP contribution in [0.15, 0.2) is 21.3 Å². The predicted octanol–water partition coefficient (Wildman–Crippen LogP) is 2.09. The van der Waals surface area contributed by atoms with Crippen molar-refractivity contribution in [2.75, 3.05) is 13.2 Å². The first-order valence-corrected chi connectivity index (χ1v) is 11.2. The average Bonchev–Trinajstić information content (AvgIpc) is 2.78. The molecule has 0 fully saturated rings. The molecule has 0 saturated carbocycles. The van der Waals surface area contributed by atoms with E-state index in [0.717, 1.165) is 30.4 Å². The van der Waals surface area contributed by atoms with Crippen LogP contribution in [0.5, 0.6) is 5.75 Å². The summed E-state index contributed by atoms with van der Waals surface area (Å²) in [6, 6.07) is 2.55. The standard InChI is InChI=1S/C24H30N2O7/c1-4-14(3)22(23(29)30)26-19(27)11-25-20(28)12-32-17-9-13(2)10-18-21(17)15-7-5-6-8-16(15)24(31)33-18/h9-10,14,22H,4-8,11-12H2,1-3H3,(H,25,28)(H,26,27)(H,29,30). The van der Waals surface area contributed by atoms with Gasteiger partial charge in [0.2, 0.25) is 5.91 Å². The number of hydrogen-bond donors (Lipinski definition) is 3. The van der Waals surface area contributed by atoms with E-state index in [2.05, 4.69) is 10.6 Å². The smallest absolute Gasteiger partial charge is 0.339 e. The Morgan fingerprint density at radius 1 is 1.15 bits per heavy atom. The van der Waals surface area contributed by atoms with Crippen LogP contribution in [0.3, 0.4) is 0 Å². The van der Waals surface area contributed by atoms with Crippen LogP contribution >= 0.6 is 0 Å². The van der Waals surface area contributed by atoms with Gasteiger partial charge in [-0.3, -0.25) is 9.59 Å². The Hall–Kier alpha value is -3.36. The molecule has 1 aliphatic carbocycles. The molecule has 3 rings (SSSR count). The molecule has 1 heterocycles. The fourth-order valence-electron chi connectivity index (χ4n) is 4.06. The normalized spacial score (nSPS) is 14.8. The monoisotopic (exact) mass is 458 g/mol. The van der Waals surface area contributed by atoms with Gasteiger partial charge in [0, 0.05) is 5.56 Å². The summed E-state index contributed by atoms with van der Waals surface area (Å²) in [4.78, 5) is 48.1. The molecule has 2 amide bonds. The molecule has 1 aliphatic rings. The fourth-order valence-corrected chi connectivity index (χ4v) is 4.06. The van der Waals surface area contributed by atoms with Gasteiger partial charge in [0.25, 0.3) is 5.91 Å². The predicted molar refractivity (Wildman–Crippen MR) is 121 cm³/mol. The maximum Gasteiger partial charge on any atom is 0.339 e. The Labute approximate surface area is 191 Å². The van der Waals surface area contributed by atoms with E-state index in [0.29, 0.717) is 35.1 Å². The third-order valence-electron chi connectivity index (χ3n) is 6.03. The zero-order valence-electron chi connectivity index (χ0n) is 19.2. The molecule has 9 heteroatoms. The number of carboxylic acid groups (broad SMARTS) is 1. The number of nitrogens with one attached hydrogen (secondary N) is 2. The Kier molecular flexibility index (Phi) is 7.73. The molecule has 0 bridgehead atoms. The first-order chi connectivity index (χ1) is 15.7. The van der Waals surface area contributed by atoms with Crippen molar-refractivity contribution in [3.63, 3.8) is 0 Å². The van der Waals surface area contributed by atoms with E-state index in [1.165, 1.54) is 0 Å². The zero-order chi connectivity index (χ0) is 24.1. The van der Waals surface area contributed by atoms with Gasteiger partial charge in [-0.1, -0.05) is 20.3 Å². The van der Waals surface area contributed by atoms with E-state index in [9.17, 15) is 24.3 Å². The van der Waals surface area contributed by atoms with Crippen LogP contribution in [0, 0.1) is 12.8 Å². The number of aryl methyl sites for hydroxylation is 2. The molecule has 9 nitrogen and oxygen atoms in total.